The van der Waals surface area contributed by atoms with E-state index in [1.165, 1.54) is 0 Å². The first kappa shape index (κ1) is 12.0. The van der Waals surface area contributed by atoms with Gasteiger partial charge in [0.15, 0.2) is 11.6 Å². The van der Waals surface area contributed by atoms with Crippen molar-refractivity contribution in [1.82, 2.24) is 9.97 Å². The van der Waals surface area contributed by atoms with E-state index in [-0.39, 0.29) is 18.0 Å². The van der Waals surface area contributed by atoms with E-state index < -0.39 is 5.82 Å². The summed E-state index contributed by atoms with van der Waals surface area (Å²) in [6, 6.07) is 0.0339. The predicted octanol–water partition coefficient (Wildman–Crippen LogP) is 1.64. The van der Waals surface area contributed by atoms with Crippen molar-refractivity contribution in [3.63, 3.8) is 0 Å². The number of ether oxygens (including phenoxy) is 1. The van der Waals surface area contributed by atoms with Gasteiger partial charge in [-0.25, -0.2) is 9.37 Å². The molecule has 1 aliphatic rings. The molecule has 1 aliphatic heterocycles. The molecule has 2 N–H and O–H groups in total. The van der Waals surface area contributed by atoms with Crippen molar-refractivity contribution < 1.29 is 9.13 Å². The summed E-state index contributed by atoms with van der Waals surface area (Å²) in [6.45, 7) is 2.75. The van der Waals surface area contributed by atoms with Crippen molar-refractivity contribution in [2.24, 2.45) is 0 Å². The van der Waals surface area contributed by atoms with E-state index in [1.54, 1.807) is 7.05 Å². The molecule has 1 fully saturated rings. The molecule has 2 heterocycles. The predicted molar refractivity (Wildman–Crippen MR) is 63.6 cm³/mol. The fraction of sp³-hybridized carbons (Fsp3) is 0.636. The Bertz CT molecular complexity index is 382. The van der Waals surface area contributed by atoms with Crippen LogP contribution in [0.2, 0.25) is 0 Å². The van der Waals surface area contributed by atoms with Gasteiger partial charge in [-0.1, -0.05) is 0 Å². The van der Waals surface area contributed by atoms with Crippen molar-refractivity contribution in [2.45, 2.75) is 31.9 Å². The third-order valence-electron chi connectivity index (χ3n) is 2.85. The summed E-state index contributed by atoms with van der Waals surface area (Å²) in [5, 5.41) is 5.81. The van der Waals surface area contributed by atoms with Gasteiger partial charge >= 0.3 is 0 Å². The van der Waals surface area contributed by atoms with Gasteiger partial charge in [-0.05, 0) is 19.8 Å². The van der Waals surface area contributed by atoms with E-state index in [0.29, 0.717) is 5.95 Å². The van der Waals surface area contributed by atoms with Gasteiger partial charge in [0.1, 0.15) is 0 Å². The second-order valence-electron chi connectivity index (χ2n) is 4.12. The monoisotopic (exact) mass is 240 g/mol. The zero-order chi connectivity index (χ0) is 12.3. The van der Waals surface area contributed by atoms with Crippen molar-refractivity contribution in [1.29, 1.82) is 0 Å². The van der Waals surface area contributed by atoms with Crippen LogP contribution in [0.1, 0.15) is 19.8 Å². The Kier molecular flexibility index (Phi) is 3.73. The zero-order valence-electron chi connectivity index (χ0n) is 10.0. The second-order valence-corrected chi connectivity index (χ2v) is 4.12. The average Bonchev–Trinajstić information content (AvgIpc) is 2.85. The molecular formula is C11H17FN4O. The number of nitrogens with zero attached hydrogens (tertiary/aromatic N) is 2. The van der Waals surface area contributed by atoms with Gasteiger partial charge in [-0.15, -0.1) is 0 Å². The highest BCUT2D eigenvalue weighted by atomic mass is 19.1. The number of aromatic nitrogens is 2. The van der Waals surface area contributed by atoms with Crippen LogP contribution in [-0.4, -0.2) is 35.8 Å². The fourth-order valence-electron chi connectivity index (χ4n) is 1.89. The lowest BCUT2D eigenvalue weighted by atomic mass is 10.1. The van der Waals surface area contributed by atoms with E-state index in [9.17, 15) is 4.39 Å². The summed E-state index contributed by atoms with van der Waals surface area (Å²) in [5.41, 5.74) is 0. The van der Waals surface area contributed by atoms with Gasteiger partial charge in [0.05, 0.1) is 18.3 Å². The van der Waals surface area contributed by atoms with Crippen molar-refractivity contribution >= 4 is 11.8 Å². The summed E-state index contributed by atoms with van der Waals surface area (Å²) in [6.07, 6.45) is 3.34. The summed E-state index contributed by atoms with van der Waals surface area (Å²) < 4.78 is 19.0. The van der Waals surface area contributed by atoms with Gasteiger partial charge in [0.2, 0.25) is 5.95 Å². The minimum absolute atomic E-state index is 0.0339. The molecule has 0 aromatic carbocycles. The lowest BCUT2D eigenvalue weighted by molar-refractivity contribution is 0.0995. The fourth-order valence-corrected chi connectivity index (χ4v) is 1.89. The van der Waals surface area contributed by atoms with Crippen LogP contribution in [0.5, 0.6) is 0 Å². The molecule has 94 valence electrons. The molecule has 17 heavy (non-hydrogen) atoms. The van der Waals surface area contributed by atoms with Gasteiger partial charge in [0.25, 0.3) is 0 Å². The summed E-state index contributed by atoms with van der Waals surface area (Å²) in [5.74, 6) is 0.162. The van der Waals surface area contributed by atoms with Crippen LogP contribution in [0.4, 0.5) is 16.2 Å². The normalized spacial score (nSPS) is 21.2. The lowest BCUT2D eigenvalue weighted by Crippen LogP contribution is -2.30. The molecular weight excluding hydrogens is 223 g/mol. The topological polar surface area (TPSA) is 59.1 Å². The number of nitrogens with one attached hydrogen (secondary N) is 2. The Labute approximate surface area is 99.8 Å². The van der Waals surface area contributed by atoms with E-state index in [2.05, 4.69) is 20.6 Å². The first-order valence-corrected chi connectivity index (χ1v) is 5.79. The Morgan fingerprint density at radius 3 is 3.06 bits per heavy atom. The number of rotatable bonds is 4. The van der Waals surface area contributed by atoms with Gasteiger partial charge in [0, 0.05) is 13.7 Å². The molecule has 0 radical (unpaired) electrons. The number of hydrogen-bond acceptors (Lipinski definition) is 5. The zero-order valence-corrected chi connectivity index (χ0v) is 10.0. The van der Waals surface area contributed by atoms with Crippen LogP contribution in [0.3, 0.4) is 0 Å². The molecule has 1 aromatic rings. The van der Waals surface area contributed by atoms with E-state index >= 15 is 0 Å². The SMILES string of the molecule is CNc1ncc(F)c(NC(C)C2CCCO2)n1. The van der Waals surface area contributed by atoms with Gasteiger partial charge in [-0.3, -0.25) is 0 Å². The second kappa shape index (κ2) is 5.27. The number of anilines is 2. The van der Waals surface area contributed by atoms with Crippen molar-refractivity contribution in [2.75, 3.05) is 24.3 Å². The molecule has 5 nitrogen and oxygen atoms in total. The van der Waals surface area contributed by atoms with Crippen LogP contribution in [-0.2, 0) is 4.74 Å². The molecule has 1 saturated heterocycles. The Morgan fingerprint density at radius 2 is 2.41 bits per heavy atom. The van der Waals surface area contributed by atoms with Gasteiger partial charge < -0.3 is 15.4 Å². The smallest absolute Gasteiger partial charge is 0.224 e. The standard InChI is InChI=1S/C11H17FN4O/c1-7(9-4-3-5-17-9)15-10-8(12)6-14-11(13-2)16-10/h6-7,9H,3-5H2,1-2H3,(H2,13,14,15,16). The molecule has 0 saturated carbocycles. The molecule has 1 aromatic heterocycles. The Morgan fingerprint density at radius 1 is 1.59 bits per heavy atom. The highest BCUT2D eigenvalue weighted by Crippen LogP contribution is 2.20. The van der Waals surface area contributed by atoms with Crippen LogP contribution in [0.25, 0.3) is 0 Å². The maximum absolute atomic E-state index is 13.5. The third kappa shape index (κ3) is 2.82. The molecule has 0 spiro atoms. The molecule has 0 amide bonds. The average molecular weight is 240 g/mol. The summed E-state index contributed by atoms with van der Waals surface area (Å²) >= 11 is 0. The highest BCUT2D eigenvalue weighted by molar-refractivity contribution is 5.41. The minimum Gasteiger partial charge on any atom is -0.376 e. The Balaban J connectivity index is 2.06. The van der Waals surface area contributed by atoms with Crippen LogP contribution < -0.4 is 10.6 Å². The number of hydrogen-bond donors (Lipinski definition) is 2. The molecule has 2 atom stereocenters. The largest absolute Gasteiger partial charge is 0.376 e. The molecule has 6 heteroatoms. The van der Waals surface area contributed by atoms with Crippen LogP contribution in [0.15, 0.2) is 6.20 Å². The maximum atomic E-state index is 13.5. The maximum Gasteiger partial charge on any atom is 0.224 e. The number of halogens is 1. The summed E-state index contributed by atoms with van der Waals surface area (Å²) in [4.78, 5) is 7.83. The first-order valence-electron chi connectivity index (χ1n) is 5.79. The van der Waals surface area contributed by atoms with E-state index in [0.717, 1.165) is 25.6 Å². The van der Waals surface area contributed by atoms with Crippen LogP contribution in [0, 0.1) is 5.82 Å². The van der Waals surface area contributed by atoms with E-state index in [4.69, 9.17) is 4.74 Å². The molecule has 0 bridgehead atoms. The van der Waals surface area contributed by atoms with Gasteiger partial charge in [-0.2, -0.15) is 4.98 Å². The van der Waals surface area contributed by atoms with Crippen LogP contribution >= 0.6 is 0 Å². The molecule has 0 aliphatic carbocycles. The lowest BCUT2D eigenvalue weighted by Gasteiger charge is -2.20. The van der Waals surface area contributed by atoms with E-state index in [1.807, 2.05) is 6.92 Å². The highest BCUT2D eigenvalue weighted by Gasteiger charge is 2.23. The molecule has 2 unspecified atom stereocenters. The first-order chi connectivity index (χ1) is 8.20. The summed E-state index contributed by atoms with van der Waals surface area (Å²) in [7, 11) is 1.69. The Hall–Kier alpha value is -1.43. The van der Waals surface area contributed by atoms with Crippen molar-refractivity contribution in [3.05, 3.63) is 12.0 Å². The third-order valence-corrected chi connectivity index (χ3v) is 2.85. The minimum atomic E-state index is -0.450. The van der Waals surface area contributed by atoms with Crippen molar-refractivity contribution in [3.8, 4) is 0 Å². The quantitative estimate of drug-likeness (QED) is 0.837. The molecule has 2 rings (SSSR count).